The van der Waals surface area contributed by atoms with Crippen molar-refractivity contribution in [3.05, 3.63) is 99.7 Å². The van der Waals surface area contributed by atoms with E-state index in [1.54, 1.807) is 23.9 Å². The highest BCUT2D eigenvalue weighted by molar-refractivity contribution is 7.99. The van der Waals surface area contributed by atoms with E-state index < -0.39 is 5.78 Å². The summed E-state index contributed by atoms with van der Waals surface area (Å²) in [5.74, 6) is -0.0826. The predicted molar refractivity (Wildman–Crippen MR) is 129 cm³/mol. The van der Waals surface area contributed by atoms with Crippen LogP contribution in [0.5, 0.6) is 5.75 Å². The number of anilines is 1. The molecule has 1 unspecified atom stereocenters. The molecule has 4 rings (SSSR count). The zero-order valence-corrected chi connectivity index (χ0v) is 19.2. The number of hydrogen-bond donors (Lipinski definition) is 1. The van der Waals surface area contributed by atoms with E-state index in [4.69, 9.17) is 27.9 Å². The van der Waals surface area contributed by atoms with E-state index >= 15 is 0 Å². The van der Waals surface area contributed by atoms with Gasteiger partial charge < -0.3 is 10.1 Å². The first-order valence-corrected chi connectivity index (χ1v) is 11.5. The number of nitriles is 1. The van der Waals surface area contributed by atoms with Gasteiger partial charge in [-0.25, -0.2) is 0 Å². The summed E-state index contributed by atoms with van der Waals surface area (Å²) in [5.41, 5.74) is 2.62. The van der Waals surface area contributed by atoms with Crippen LogP contribution in [-0.2, 0) is 4.79 Å². The Morgan fingerprint density at radius 2 is 1.84 bits per heavy atom. The van der Waals surface area contributed by atoms with Gasteiger partial charge in [-0.2, -0.15) is 5.26 Å². The lowest BCUT2D eigenvalue weighted by Crippen LogP contribution is -2.17. The largest absolute Gasteiger partial charge is 0.484 e. The van der Waals surface area contributed by atoms with E-state index in [9.17, 15) is 10.1 Å². The molecule has 1 heterocycles. The maximum absolute atomic E-state index is 13.0. The van der Waals surface area contributed by atoms with Gasteiger partial charge >= 0.3 is 0 Å². The third-order valence-electron chi connectivity index (χ3n) is 4.95. The fraction of sp³-hybridized carbons (Fsp3) is 0.120. The molecule has 160 valence electrons. The molecule has 0 fully saturated rings. The van der Waals surface area contributed by atoms with E-state index in [1.807, 2.05) is 42.5 Å². The molecule has 3 aromatic rings. The summed E-state index contributed by atoms with van der Waals surface area (Å²) in [6.07, 6.45) is 0.500. The first kappa shape index (κ1) is 22.3. The van der Waals surface area contributed by atoms with Crippen molar-refractivity contribution in [3.8, 4) is 11.8 Å². The monoisotopic (exact) mass is 480 g/mol. The number of Topliss-reactive ketones (excluding diaryl/α,β-unsaturated/α-hetero) is 1. The molecular formula is C25H18Cl2N2O2S. The van der Waals surface area contributed by atoms with Gasteiger partial charge in [0.2, 0.25) is 5.78 Å². The number of rotatable bonds is 5. The summed E-state index contributed by atoms with van der Waals surface area (Å²) in [5, 5.41) is 14.0. The molecule has 0 bridgehead atoms. The second-order valence-electron chi connectivity index (χ2n) is 7.09. The van der Waals surface area contributed by atoms with Gasteiger partial charge in [-0.1, -0.05) is 65.7 Å². The van der Waals surface area contributed by atoms with Crippen LogP contribution in [0.15, 0.2) is 89.0 Å². The van der Waals surface area contributed by atoms with E-state index in [0.717, 1.165) is 16.1 Å². The predicted octanol–water partition coefficient (Wildman–Crippen LogP) is 7.07. The number of ketones is 1. The van der Waals surface area contributed by atoms with Crippen LogP contribution in [0.4, 0.5) is 5.69 Å². The number of nitrogens with zero attached hydrogens (tertiary/aromatic N) is 1. The van der Waals surface area contributed by atoms with Gasteiger partial charge in [-0.05, 0) is 35.9 Å². The van der Waals surface area contributed by atoms with Crippen molar-refractivity contribution < 1.29 is 9.53 Å². The summed E-state index contributed by atoms with van der Waals surface area (Å²) in [6, 6.07) is 24.8. The molecule has 0 saturated heterocycles. The number of nitrogens with one attached hydrogen (secondary N) is 1. The molecule has 1 aliphatic heterocycles. The number of carbonyl (C=O) groups excluding carboxylic acids is 1. The molecule has 0 spiro atoms. The topological polar surface area (TPSA) is 62.1 Å². The lowest BCUT2D eigenvalue weighted by molar-refractivity contribution is -0.117. The van der Waals surface area contributed by atoms with Gasteiger partial charge in [0.25, 0.3) is 0 Å². The SMILES string of the molecule is N#C/C(C(=O)COc1ccc(Cl)cc1Cl)=C1\CC(c2ccccc2)Sc2ccccc2N1. The summed E-state index contributed by atoms with van der Waals surface area (Å²) < 4.78 is 5.58. The number of halogens is 2. The van der Waals surface area contributed by atoms with Gasteiger partial charge in [0, 0.05) is 27.3 Å². The third kappa shape index (κ3) is 5.11. The normalized spacial score (nSPS) is 16.7. The second kappa shape index (κ2) is 10.1. The van der Waals surface area contributed by atoms with Crippen LogP contribution >= 0.6 is 35.0 Å². The fourth-order valence-electron chi connectivity index (χ4n) is 3.39. The minimum absolute atomic E-state index is 0.0464. The highest BCUT2D eigenvalue weighted by Gasteiger charge is 2.26. The number of thioether (sulfide) groups is 1. The van der Waals surface area contributed by atoms with Crippen molar-refractivity contribution in [2.45, 2.75) is 16.6 Å². The van der Waals surface area contributed by atoms with Crippen LogP contribution in [0.3, 0.4) is 0 Å². The first-order chi connectivity index (χ1) is 15.5. The van der Waals surface area contributed by atoms with Crippen molar-refractivity contribution in [3.63, 3.8) is 0 Å². The third-order valence-corrected chi connectivity index (χ3v) is 6.81. The van der Waals surface area contributed by atoms with Crippen molar-refractivity contribution in [2.75, 3.05) is 11.9 Å². The molecule has 4 nitrogen and oxygen atoms in total. The van der Waals surface area contributed by atoms with Crippen LogP contribution in [0.1, 0.15) is 17.2 Å². The highest BCUT2D eigenvalue weighted by atomic mass is 35.5. The Balaban J connectivity index is 1.64. The summed E-state index contributed by atoms with van der Waals surface area (Å²) in [6.45, 7) is -0.305. The summed E-state index contributed by atoms with van der Waals surface area (Å²) in [4.78, 5) is 14.0. The molecule has 0 radical (unpaired) electrons. The first-order valence-electron chi connectivity index (χ1n) is 9.87. The van der Waals surface area contributed by atoms with Crippen LogP contribution in [0.2, 0.25) is 10.0 Å². The average Bonchev–Trinajstić information content (AvgIpc) is 2.99. The number of fused-ring (bicyclic) bond motifs is 1. The van der Waals surface area contributed by atoms with Gasteiger partial charge in [0.1, 0.15) is 17.4 Å². The molecule has 3 aromatic carbocycles. The molecule has 1 aliphatic rings. The van der Waals surface area contributed by atoms with Gasteiger partial charge in [0.05, 0.1) is 10.7 Å². The molecule has 0 aromatic heterocycles. The lowest BCUT2D eigenvalue weighted by atomic mass is 10.0. The quantitative estimate of drug-likeness (QED) is 0.312. The standard InChI is InChI=1S/C25H18Cl2N2O2S/c26-17-10-11-23(19(27)12-17)31-15-22(30)18(14-28)21-13-25(16-6-2-1-3-7-16)32-24-9-5-4-8-20(24)29-21/h1-12,25,29H,13,15H2/b21-18-. The Kier molecular flexibility index (Phi) is 7.06. The Labute approximate surface area is 200 Å². The number of allylic oxidation sites excluding steroid dienone is 1. The number of ether oxygens (including phenoxy) is 1. The second-order valence-corrected chi connectivity index (χ2v) is 9.18. The molecule has 7 heteroatoms. The van der Waals surface area contributed by atoms with Gasteiger partial charge in [0.15, 0.2) is 6.61 Å². The molecule has 0 saturated carbocycles. The average molecular weight is 481 g/mol. The number of para-hydroxylation sites is 1. The zero-order valence-electron chi connectivity index (χ0n) is 16.8. The van der Waals surface area contributed by atoms with E-state index in [-0.39, 0.29) is 17.4 Å². The Morgan fingerprint density at radius 1 is 1.09 bits per heavy atom. The van der Waals surface area contributed by atoms with Crippen LogP contribution in [0, 0.1) is 11.3 Å². The molecule has 32 heavy (non-hydrogen) atoms. The van der Waals surface area contributed by atoms with Gasteiger partial charge in [-0.15, -0.1) is 11.8 Å². The van der Waals surface area contributed by atoms with Crippen molar-refractivity contribution >= 4 is 46.4 Å². The van der Waals surface area contributed by atoms with E-state index in [1.165, 1.54) is 6.07 Å². The fourth-order valence-corrected chi connectivity index (χ4v) is 5.11. The Morgan fingerprint density at radius 3 is 2.59 bits per heavy atom. The smallest absolute Gasteiger partial charge is 0.212 e. The number of hydrogen-bond acceptors (Lipinski definition) is 5. The summed E-state index contributed by atoms with van der Waals surface area (Å²) in [7, 11) is 0. The summed E-state index contributed by atoms with van der Waals surface area (Å²) >= 11 is 13.7. The molecular weight excluding hydrogens is 463 g/mol. The maximum Gasteiger partial charge on any atom is 0.212 e. The lowest BCUT2D eigenvalue weighted by Gasteiger charge is -2.16. The molecule has 1 atom stereocenters. The highest BCUT2D eigenvalue weighted by Crippen LogP contribution is 2.46. The van der Waals surface area contributed by atoms with Crippen molar-refractivity contribution in [1.82, 2.24) is 0 Å². The van der Waals surface area contributed by atoms with E-state index in [0.29, 0.717) is 27.9 Å². The molecule has 1 N–H and O–H groups in total. The zero-order chi connectivity index (χ0) is 22.5. The van der Waals surface area contributed by atoms with Crippen LogP contribution in [0.25, 0.3) is 0 Å². The van der Waals surface area contributed by atoms with Crippen molar-refractivity contribution in [1.29, 1.82) is 5.26 Å². The van der Waals surface area contributed by atoms with Crippen LogP contribution < -0.4 is 10.1 Å². The van der Waals surface area contributed by atoms with Gasteiger partial charge in [-0.3, -0.25) is 4.79 Å². The maximum atomic E-state index is 13.0. The number of carbonyl (C=O) groups is 1. The molecule has 0 amide bonds. The minimum Gasteiger partial charge on any atom is -0.484 e. The van der Waals surface area contributed by atoms with Crippen molar-refractivity contribution in [2.24, 2.45) is 0 Å². The number of benzene rings is 3. The van der Waals surface area contributed by atoms with Crippen LogP contribution in [-0.4, -0.2) is 12.4 Å². The Hall–Kier alpha value is -2.91. The van der Waals surface area contributed by atoms with E-state index in [2.05, 4.69) is 23.5 Å². The Bertz CT molecular complexity index is 1220. The minimum atomic E-state index is -0.419. The molecule has 0 aliphatic carbocycles.